The monoisotopic (exact) mass is 409 g/mol. The van der Waals surface area contributed by atoms with Crippen molar-refractivity contribution in [1.82, 2.24) is 9.71 Å². The maximum Gasteiger partial charge on any atom is 0.418 e. The number of nitrogens with zero attached hydrogens (tertiary/aromatic N) is 1. The molecule has 0 spiro atoms. The first-order valence-electron chi connectivity index (χ1n) is 7.93. The van der Waals surface area contributed by atoms with E-state index in [9.17, 15) is 26.4 Å². The van der Waals surface area contributed by atoms with Gasteiger partial charge in [-0.15, -0.1) is 0 Å². The topological polar surface area (TPSA) is 88.2 Å². The lowest BCUT2D eigenvalue weighted by Crippen LogP contribution is -2.19. The Morgan fingerprint density at radius 1 is 1.07 bits per heavy atom. The van der Waals surface area contributed by atoms with Gasteiger partial charge in [0.15, 0.2) is 0 Å². The smallest absolute Gasteiger partial charge is 0.321 e. The molecule has 10 heteroatoms. The second kappa shape index (κ2) is 7.21. The number of carbonyl (C=O) groups is 1. The zero-order valence-electron chi connectivity index (χ0n) is 14.4. The first-order valence-corrected chi connectivity index (χ1v) is 9.42. The van der Waals surface area contributed by atoms with Crippen LogP contribution in [0.2, 0.25) is 0 Å². The third-order valence-corrected chi connectivity index (χ3v) is 5.41. The number of halogens is 3. The van der Waals surface area contributed by atoms with Crippen LogP contribution in [0.25, 0.3) is 10.9 Å². The number of aromatic nitrogens is 1. The first kappa shape index (κ1) is 19.8. The highest BCUT2D eigenvalue weighted by molar-refractivity contribution is 7.89. The molecule has 6 nitrogen and oxygen atoms in total. The van der Waals surface area contributed by atoms with Gasteiger partial charge in [-0.3, -0.25) is 9.78 Å². The Hall–Kier alpha value is -2.98. The fourth-order valence-corrected chi connectivity index (χ4v) is 3.41. The van der Waals surface area contributed by atoms with Crippen molar-refractivity contribution in [1.29, 1.82) is 0 Å². The predicted molar refractivity (Wildman–Crippen MR) is 97.4 cm³/mol. The van der Waals surface area contributed by atoms with E-state index in [1.165, 1.54) is 49.5 Å². The molecule has 2 N–H and O–H groups in total. The molecule has 3 aromatic rings. The standard InChI is InChI=1S/C18H14F3N3O3S/c1-22-28(26,27)12-5-2-4-11(10-12)17(25)24-15-8-9-23-16-13(15)6-3-7-14(16)18(19,20)21/h2-10,22H,1H3,(H,23,24,25). The normalized spacial score (nSPS) is 12.1. The number of pyridine rings is 1. The average molecular weight is 409 g/mol. The third-order valence-electron chi connectivity index (χ3n) is 4.00. The number of nitrogens with one attached hydrogen (secondary N) is 2. The summed E-state index contributed by atoms with van der Waals surface area (Å²) in [5.74, 6) is -0.668. The Morgan fingerprint density at radius 3 is 2.46 bits per heavy atom. The number of para-hydroxylation sites is 1. The van der Waals surface area contributed by atoms with Gasteiger partial charge in [-0.25, -0.2) is 13.1 Å². The van der Waals surface area contributed by atoms with Gasteiger partial charge in [0.2, 0.25) is 10.0 Å². The second-order valence-corrected chi connectivity index (χ2v) is 7.63. The summed E-state index contributed by atoms with van der Waals surface area (Å²) in [6, 6.07) is 10.2. The van der Waals surface area contributed by atoms with Gasteiger partial charge in [0.05, 0.1) is 21.7 Å². The third kappa shape index (κ3) is 3.82. The van der Waals surface area contributed by atoms with Crippen LogP contribution in [0.4, 0.5) is 18.9 Å². The zero-order chi connectivity index (χ0) is 20.5. The molecule has 0 radical (unpaired) electrons. The molecule has 3 rings (SSSR count). The molecule has 0 aliphatic heterocycles. The van der Waals surface area contributed by atoms with Crippen LogP contribution < -0.4 is 10.0 Å². The van der Waals surface area contributed by atoms with Crippen LogP contribution in [0.3, 0.4) is 0 Å². The number of rotatable bonds is 4. The van der Waals surface area contributed by atoms with E-state index < -0.39 is 27.7 Å². The van der Waals surface area contributed by atoms with E-state index >= 15 is 0 Å². The number of fused-ring (bicyclic) bond motifs is 1. The molecule has 1 heterocycles. The summed E-state index contributed by atoms with van der Waals surface area (Å²) in [4.78, 5) is 16.2. The SMILES string of the molecule is CNS(=O)(=O)c1cccc(C(=O)Nc2ccnc3c(C(F)(F)F)cccc23)c1. The Labute approximate surface area is 158 Å². The summed E-state index contributed by atoms with van der Waals surface area (Å²) in [5.41, 5.74) is -1.04. The molecule has 0 unspecified atom stereocenters. The second-order valence-electron chi connectivity index (χ2n) is 5.75. The van der Waals surface area contributed by atoms with Crippen LogP contribution in [-0.4, -0.2) is 26.4 Å². The number of amides is 1. The molecule has 0 fully saturated rings. The van der Waals surface area contributed by atoms with Crippen molar-refractivity contribution in [2.24, 2.45) is 0 Å². The summed E-state index contributed by atoms with van der Waals surface area (Å²) in [7, 11) is -2.51. The summed E-state index contributed by atoms with van der Waals surface area (Å²) in [6.07, 6.45) is -3.43. The van der Waals surface area contributed by atoms with E-state index in [0.717, 1.165) is 12.3 Å². The number of sulfonamides is 1. The van der Waals surface area contributed by atoms with E-state index in [2.05, 4.69) is 15.0 Å². The Bertz CT molecular complexity index is 1160. The van der Waals surface area contributed by atoms with Crippen molar-refractivity contribution >= 4 is 32.5 Å². The van der Waals surface area contributed by atoms with Crippen molar-refractivity contribution in [2.45, 2.75) is 11.1 Å². The maximum atomic E-state index is 13.2. The van der Waals surface area contributed by atoms with Crippen molar-refractivity contribution < 1.29 is 26.4 Å². The van der Waals surface area contributed by atoms with E-state index in [-0.39, 0.29) is 27.0 Å². The number of alkyl halides is 3. The first-order chi connectivity index (χ1) is 13.1. The van der Waals surface area contributed by atoms with Gasteiger partial charge in [-0.1, -0.05) is 18.2 Å². The average Bonchev–Trinajstić information content (AvgIpc) is 2.67. The number of hydrogen-bond donors (Lipinski definition) is 2. The summed E-state index contributed by atoms with van der Waals surface area (Å²) < 4.78 is 65.4. The molecule has 146 valence electrons. The fraction of sp³-hybridized carbons (Fsp3) is 0.111. The highest BCUT2D eigenvalue weighted by atomic mass is 32.2. The van der Waals surface area contributed by atoms with Crippen LogP contribution in [0.1, 0.15) is 15.9 Å². The highest BCUT2D eigenvalue weighted by Gasteiger charge is 2.33. The number of hydrogen-bond acceptors (Lipinski definition) is 4. The van der Waals surface area contributed by atoms with Crippen LogP contribution in [-0.2, 0) is 16.2 Å². The molecular formula is C18H14F3N3O3S. The molecule has 0 bridgehead atoms. The molecule has 0 atom stereocenters. The van der Waals surface area contributed by atoms with Gasteiger partial charge in [0.25, 0.3) is 5.91 Å². The molecule has 0 aliphatic rings. The number of carbonyl (C=O) groups excluding carboxylic acids is 1. The molecule has 0 aliphatic carbocycles. The number of anilines is 1. The largest absolute Gasteiger partial charge is 0.418 e. The zero-order valence-corrected chi connectivity index (χ0v) is 15.2. The molecule has 1 amide bonds. The van der Waals surface area contributed by atoms with Crippen LogP contribution in [0.15, 0.2) is 59.6 Å². The Balaban J connectivity index is 2.00. The van der Waals surface area contributed by atoms with E-state index in [4.69, 9.17) is 0 Å². The van der Waals surface area contributed by atoms with Gasteiger partial charge in [-0.2, -0.15) is 13.2 Å². The minimum absolute atomic E-state index is 0.0354. The minimum Gasteiger partial charge on any atom is -0.321 e. The van der Waals surface area contributed by atoms with Crippen LogP contribution in [0, 0.1) is 0 Å². The van der Waals surface area contributed by atoms with Gasteiger partial charge >= 0.3 is 6.18 Å². The maximum absolute atomic E-state index is 13.2. The van der Waals surface area contributed by atoms with Gasteiger partial charge in [0.1, 0.15) is 0 Å². The van der Waals surface area contributed by atoms with E-state index in [1.807, 2.05) is 0 Å². The Kier molecular flexibility index (Phi) is 5.09. The van der Waals surface area contributed by atoms with Gasteiger partial charge < -0.3 is 5.32 Å². The van der Waals surface area contributed by atoms with E-state index in [0.29, 0.717) is 0 Å². The molecular weight excluding hydrogens is 395 g/mol. The van der Waals surface area contributed by atoms with Gasteiger partial charge in [-0.05, 0) is 37.4 Å². The lowest BCUT2D eigenvalue weighted by molar-refractivity contribution is -0.136. The van der Waals surface area contributed by atoms with E-state index in [1.54, 1.807) is 0 Å². The highest BCUT2D eigenvalue weighted by Crippen LogP contribution is 2.35. The summed E-state index contributed by atoms with van der Waals surface area (Å²) in [6.45, 7) is 0. The number of benzene rings is 2. The lowest BCUT2D eigenvalue weighted by atomic mass is 10.1. The Morgan fingerprint density at radius 2 is 1.79 bits per heavy atom. The fourth-order valence-electron chi connectivity index (χ4n) is 2.63. The van der Waals surface area contributed by atoms with Crippen molar-refractivity contribution in [3.63, 3.8) is 0 Å². The minimum atomic E-state index is -4.59. The quantitative estimate of drug-likeness (QED) is 0.691. The molecule has 0 saturated heterocycles. The summed E-state index contributed by atoms with van der Waals surface area (Å²) >= 11 is 0. The molecule has 2 aromatic carbocycles. The lowest BCUT2D eigenvalue weighted by Gasteiger charge is -2.13. The van der Waals surface area contributed by atoms with Crippen LogP contribution >= 0.6 is 0 Å². The van der Waals surface area contributed by atoms with Crippen LogP contribution in [0.5, 0.6) is 0 Å². The summed E-state index contributed by atoms with van der Waals surface area (Å²) in [5, 5.41) is 2.63. The predicted octanol–water partition coefficient (Wildman–Crippen LogP) is 3.41. The van der Waals surface area contributed by atoms with Gasteiger partial charge in [0, 0.05) is 17.1 Å². The van der Waals surface area contributed by atoms with Crippen molar-refractivity contribution in [3.8, 4) is 0 Å². The van der Waals surface area contributed by atoms with Crippen molar-refractivity contribution in [3.05, 3.63) is 65.9 Å². The van der Waals surface area contributed by atoms with Crippen molar-refractivity contribution in [2.75, 3.05) is 12.4 Å². The molecule has 28 heavy (non-hydrogen) atoms. The molecule has 0 saturated carbocycles. The molecule has 1 aromatic heterocycles.